The first kappa shape index (κ1) is 13.3. The topological polar surface area (TPSA) is 15.3 Å². The van der Waals surface area contributed by atoms with Crippen molar-refractivity contribution in [2.24, 2.45) is 0 Å². The molecular formula is C15H23FN2. The Hall–Kier alpha value is -1.09. The first-order valence-corrected chi connectivity index (χ1v) is 6.95. The number of nitrogens with one attached hydrogen (secondary N) is 1. The van der Waals surface area contributed by atoms with Crippen LogP contribution in [0.3, 0.4) is 0 Å². The average molecular weight is 250 g/mol. The first-order valence-electron chi connectivity index (χ1n) is 6.95. The van der Waals surface area contributed by atoms with Gasteiger partial charge in [0, 0.05) is 24.8 Å². The van der Waals surface area contributed by atoms with Crippen molar-refractivity contribution < 1.29 is 4.39 Å². The first-order chi connectivity index (χ1) is 8.74. The molecule has 0 saturated heterocycles. The van der Waals surface area contributed by atoms with Crippen molar-refractivity contribution in [1.29, 1.82) is 0 Å². The second kappa shape index (κ2) is 6.19. The largest absolute Gasteiger partial charge is 0.371 e. The highest BCUT2D eigenvalue weighted by molar-refractivity contribution is 5.58. The van der Waals surface area contributed by atoms with Crippen LogP contribution in [-0.2, 0) is 6.42 Å². The van der Waals surface area contributed by atoms with E-state index in [2.05, 4.69) is 17.1 Å². The van der Waals surface area contributed by atoms with Crippen LogP contribution >= 0.6 is 0 Å². The van der Waals surface area contributed by atoms with Crippen molar-refractivity contribution in [2.45, 2.75) is 38.6 Å². The molecule has 0 radical (unpaired) electrons. The summed E-state index contributed by atoms with van der Waals surface area (Å²) in [6, 6.07) is 5.78. The van der Waals surface area contributed by atoms with Crippen LogP contribution in [-0.4, -0.2) is 26.2 Å². The van der Waals surface area contributed by atoms with Gasteiger partial charge in [-0.1, -0.05) is 13.0 Å². The molecule has 1 aliphatic rings. The highest BCUT2D eigenvalue weighted by atomic mass is 19.1. The number of nitrogens with zero attached hydrogens (tertiary/aromatic N) is 1. The Morgan fingerprint density at radius 2 is 2.28 bits per heavy atom. The minimum atomic E-state index is -0.123. The van der Waals surface area contributed by atoms with E-state index in [0.29, 0.717) is 6.04 Å². The summed E-state index contributed by atoms with van der Waals surface area (Å²) in [4.78, 5) is 2.32. The normalized spacial score (nSPS) is 15.8. The fourth-order valence-corrected chi connectivity index (χ4v) is 2.73. The van der Waals surface area contributed by atoms with E-state index in [1.165, 1.54) is 18.4 Å². The molecule has 0 fully saturated rings. The molecular weight excluding hydrogens is 227 g/mol. The van der Waals surface area contributed by atoms with Gasteiger partial charge in [0.2, 0.25) is 0 Å². The Morgan fingerprint density at radius 3 is 3.00 bits per heavy atom. The van der Waals surface area contributed by atoms with E-state index >= 15 is 0 Å². The Bertz CT molecular complexity index is 388. The van der Waals surface area contributed by atoms with Crippen LogP contribution < -0.4 is 10.2 Å². The van der Waals surface area contributed by atoms with Crippen molar-refractivity contribution in [1.82, 2.24) is 5.32 Å². The van der Waals surface area contributed by atoms with E-state index < -0.39 is 0 Å². The third-order valence-corrected chi connectivity index (χ3v) is 3.92. The molecule has 0 saturated carbocycles. The summed E-state index contributed by atoms with van der Waals surface area (Å²) in [5, 5.41) is 3.33. The summed E-state index contributed by atoms with van der Waals surface area (Å²) >= 11 is 0. The molecule has 0 aliphatic carbocycles. The van der Waals surface area contributed by atoms with Gasteiger partial charge in [0.05, 0.1) is 0 Å². The minimum absolute atomic E-state index is 0.123. The lowest BCUT2D eigenvalue weighted by molar-refractivity contribution is 0.491. The predicted molar refractivity (Wildman–Crippen MR) is 74.7 cm³/mol. The Kier molecular flexibility index (Phi) is 4.59. The van der Waals surface area contributed by atoms with Crippen LogP contribution in [0, 0.1) is 5.82 Å². The van der Waals surface area contributed by atoms with Gasteiger partial charge in [0.25, 0.3) is 0 Å². The third-order valence-electron chi connectivity index (χ3n) is 3.92. The van der Waals surface area contributed by atoms with Gasteiger partial charge in [-0.25, -0.2) is 4.39 Å². The van der Waals surface area contributed by atoms with Crippen LogP contribution in [0.25, 0.3) is 0 Å². The highest BCUT2D eigenvalue weighted by Gasteiger charge is 2.19. The Morgan fingerprint density at radius 1 is 1.44 bits per heavy atom. The van der Waals surface area contributed by atoms with Gasteiger partial charge >= 0.3 is 0 Å². The molecule has 2 rings (SSSR count). The summed E-state index contributed by atoms with van der Waals surface area (Å²) in [5.41, 5.74) is 2.39. The smallest absolute Gasteiger partial charge is 0.125 e. The highest BCUT2D eigenvalue weighted by Crippen LogP contribution is 2.28. The second-order valence-corrected chi connectivity index (χ2v) is 5.05. The van der Waals surface area contributed by atoms with Crippen molar-refractivity contribution in [3.63, 3.8) is 0 Å². The number of halogens is 1. The third kappa shape index (κ3) is 3.02. The summed E-state index contributed by atoms with van der Waals surface area (Å²) in [5.74, 6) is -0.123. The van der Waals surface area contributed by atoms with E-state index in [4.69, 9.17) is 0 Å². The minimum Gasteiger partial charge on any atom is -0.371 e. The molecule has 0 bridgehead atoms. The van der Waals surface area contributed by atoms with E-state index in [1.807, 2.05) is 13.1 Å². The summed E-state index contributed by atoms with van der Waals surface area (Å²) in [6.45, 7) is 4.28. The lowest BCUT2D eigenvalue weighted by Crippen LogP contribution is -2.27. The SMILES string of the molecule is CCC(CCCN1CCc2ccc(F)cc21)NC. The van der Waals surface area contributed by atoms with E-state index in [1.54, 1.807) is 12.1 Å². The fraction of sp³-hybridized carbons (Fsp3) is 0.600. The lowest BCUT2D eigenvalue weighted by Gasteiger charge is -2.21. The van der Waals surface area contributed by atoms with Crippen LogP contribution in [0.5, 0.6) is 0 Å². The van der Waals surface area contributed by atoms with Gasteiger partial charge in [-0.2, -0.15) is 0 Å². The molecule has 1 N–H and O–H groups in total. The Labute approximate surface area is 109 Å². The summed E-state index contributed by atoms with van der Waals surface area (Å²) in [7, 11) is 2.02. The maximum Gasteiger partial charge on any atom is 0.125 e. The molecule has 0 amide bonds. The van der Waals surface area contributed by atoms with Gasteiger partial charge in [-0.3, -0.25) is 0 Å². The van der Waals surface area contributed by atoms with Gasteiger partial charge in [0.15, 0.2) is 0 Å². The number of fused-ring (bicyclic) bond motifs is 1. The molecule has 2 nitrogen and oxygen atoms in total. The van der Waals surface area contributed by atoms with Crippen LogP contribution in [0.1, 0.15) is 31.7 Å². The summed E-state index contributed by atoms with van der Waals surface area (Å²) in [6.07, 6.45) is 4.57. The van der Waals surface area contributed by atoms with Gasteiger partial charge in [0.1, 0.15) is 5.82 Å². The molecule has 100 valence electrons. The summed E-state index contributed by atoms with van der Waals surface area (Å²) < 4.78 is 13.3. The van der Waals surface area contributed by atoms with Gasteiger partial charge in [-0.15, -0.1) is 0 Å². The van der Waals surface area contributed by atoms with E-state index in [9.17, 15) is 4.39 Å². The number of anilines is 1. The zero-order valence-electron chi connectivity index (χ0n) is 11.4. The fourth-order valence-electron chi connectivity index (χ4n) is 2.73. The van der Waals surface area contributed by atoms with Crippen LogP contribution in [0.15, 0.2) is 18.2 Å². The molecule has 0 spiro atoms. The lowest BCUT2D eigenvalue weighted by atomic mass is 10.1. The Balaban J connectivity index is 1.88. The molecule has 0 aromatic heterocycles. The second-order valence-electron chi connectivity index (χ2n) is 5.05. The number of hydrogen-bond donors (Lipinski definition) is 1. The molecule has 3 heteroatoms. The standard InChI is InChI=1S/C15H23FN2/c1-3-14(17-2)5-4-9-18-10-8-12-6-7-13(16)11-15(12)18/h6-7,11,14,17H,3-5,8-10H2,1-2H3. The van der Waals surface area contributed by atoms with Gasteiger partial charge in [-0.05, 0) is 50.4 Å². The average Bonchev–Trinajstić information content (AvgIpc) is 2.77. The predicted octanol–water partition coefficient (Wildman–Crippen LogP) is 2.97. The molecule has 1 heterocycles. The van der Waals surface area contributed by atoms with Crippen LogP contribution in [0.2, 0.25) is 0 Å². The van der Waals surface area contributed by atoms with Crippen molar-refractivity contribution in [3.8, 4) is 0 Å². The molecule has 1 aliphatic heterocycles. The maximum absolute atomic E-state index is 13.3. The molecule has 1 atom stereocenters. The van der Waals surface area contributed by atoms with Crippen molar-refractivity contribution in [2.75, 3.05) is 25.0 Å². The monoisotopic (exact) mass is 250 g/mol. The van der Waals surface area contributed by atoms with E-state index in [-0.39, 0.29) is 5.82 Å². The molecule has 18 heavy (non-hydrogen) atoms. The number of hydrogen-bond acceptors (Lipinski definition) is 2. The van der Waals surface area contributed by atoms with Crippen molar-refractivity contribution >= 4 is 5.69 Å². The molecule has 1 aromatic rings. The van der Waals surface area contributed by atoms with E-state index in [0.717, 1.165) is 31.6 Å². The van der Waals surface area contributed by atoms with Gasteiger partial charge < -0.3 is 10.2 Å². The number of rotatable bonds is 6. The molecule has 1 unspecified atom stereocenters. The zero-order valence-corrected chi connectivity index (χ0v) is 11.4. The van der Waals surface area contributed by atoms with Crippen LogP contribution in [0.4, 0.5) is 10.1 Å². The number of benzene rings is 1. The zero-order chi connectivity index (χ0) is 13.0. The van der Waals surface area contributed by atoms with Crippen molar-refractivity contribution in [3.05, 3.63) is 29.6 Å². The quantitative estimate of drug-likeness (QED) is 0.835. The molecule has 1 aromatic carbocycles. The maximum atomic E-state index is 13.3.